The van der Waals surface area contributed by atoms with Gasteiger partial charge < -0.3 is 10.4 Å². The third-order valence-corrected chi connectivity index (χ3v) is 4.60. The number of aromatic nitrogens is 3. The summed E-state index contributed by atoms with van der Waals surface area (Å²) >= 11 is 12.2. The molecular formula is C19H14Cl2N4O. The van der Waals surface area contributed by atoms with E-state index < -0.39 is 0 Å². The number of fused-ring (bicyclic) bond motifs is 1. The van der Waals surface area contributed by atoms with Crippen molar-refractivity contribution in [1.82, 2.24) is 14.4 Å². The number of nitrogens with one attached hydrogen (secondary N) is 1. The molecule has 0 saturated carbocycles. The number of benzene rings is 2. The Balaban J connectivity index is 1.81. The van der Waals surface area contributed by atoms with Crippen LogP contribution in [0, 0.1) is 0 Å². The lowest BCUT2D eigenvalue weighted by molar-refractivity contribution is 0.476. The number of hydrogen-bond acceptors (Lipinski definition) is 4. The molecule has 0 bridgehead atoms. The maximum Gasteiger partial charge on any atom is 0.157 e. The molecule has 0 aliphatic heterocycles. The van der Waals surface area contributed by atoms with Gasteiger partial charge in [0, 0.05) is 24.5 Å². The number of halogens is 2. The van der Waals surface area contributed by atoms with Crippen molar-refractivity contribution in [2.45, 2.75) is 6.54 Å². The van der Waals surface area contributed by atoms with Crippen molar-refractivity contribution in [3.63, 3.8) is 0 Å². The maximum atomic E-state index is 9.82. The molecule has 0 amide bonds. The summed E-state index contributed by atoms with van der Waals surface area (Å²) in [5.74, 6) is 0.658. The largest absolute Gasteiger partial charge is 0.505 e. The van der Waals surface area contributed by atoms with E-state index in [1.807, 2.05) is 40.9 Å². The van der Waals surface area contributed by atoms with E-state index in [4.69, 9.17) is 23.2 Å². The van der Waals surface area contributed by atoms with Gasteiger partial charge in [-0.1, -0.05) is 53.5 Å². The third-order valence-electron chi connectivity index (χ3n) is 4.02. The summed E-state index contributed by atoms with van der Waals surface area (Å²) in [6.07, 6.45) is 5.21. The van der Waals surface area contributed by atoms with Gasteiger partial charge in [-0.3, -0.25) is 9.38 Å². The molecule has 0 aliphatic carbocycles. The molecule has 2 aromatic heterocycles. The molecule has 26 heavy (non-hydrogen) atoms. The lowest BCUT2D eigenvalue weighted by Gasteiger charge is -2.10. The van der Waals surface area contributed by atoms with Crippen molar-refractivity contribution >= 4 is 34.7 Å². The predicted molar refractivity (Wildman–Crippen MR) is 104 cm³/mol. The Morgan fingerprint density at radius 3 is 2.54 bits per heavy atom. The van der Waals surface area contributed by atoms with Crippen molar-refractivity contribution < 1.29 is 5.11 Å². The van der Waals surface area contributed by atoms with Gasteiger partial charge in [0.15, 0.2) is 11.4 Å². The van der Waals surface area contributed by atoms with Gasteiger partial charge in [-0.05, 0) is 17.7 Å². The normalized spacial score (nSPS) is 11.0. The Hall–Kier alpha value is -2.76. The highest BCUT2D eigenvalue weighted by molar-refractivity contribution is 6.37. The molecule has 0 radical (unpaired) electrons. The molecule has 0 spiro atoms. The van der Waals surface area contributed by atoms with Gasteiger partial charge in [0.05, 0.1) is 16.2 Å². The summed E-state index contributed by atoms with van der Waals surface area (Å²) < 4.78 is 1.92. The summed E-state index contributed by atoms with van der Waals surface area (Å²) in [7, 11) is 0. The second-order valence-electron chi connectivity index (χ2n) is 5.74. The van der Waals surface area contributed by atoms with E-state index in [1.54, 1.807) is 24.5 Å². The van der Waals surface area contributed by atoms with Crippen LogP contribution in [0.3, 0.4) is 0 Å². The zero-order valence-electron chi connectivity index (χ0n) is 13.5. The Morgan fingerprint density at radius 1 is 1.08 bits per heavy atom. The lowest BCUT2D eigenvalue weighted by atomic mass is 10.1. The van der Waals surface area contributed by atoms with E-state index in [-0.39, 0.29) is 15.8 Å². The van der Waals surface area contributed by atoms with Crippen LogP contribution in [0.15, 0.2) is 61.1 Å². The fraction of sp³-hybridized carbons (Fsp3) is 0.0526. The van der Waals surface area contributed by atoms with Gasteiger partial charge in [-0.15, -0.1) is 0 Å². The van der Waals surface area contributed by atoms with Crippen LogP contribution >= 0.6 is 23.2 Å². The van der Waals surface area contributed by atoms with Gasteiger partial charge in [0.1, 0.15) is 11.5 Å². The molecule has 0 aliphatic rings. The Bertz CT molecular complexity index is 1060. The first-order valence-electron chi connectivity index (χ1n) is 7.92. The number of hydrogen-bond donors (Lipinski definition) is 2. The maximum absolute atomic E-state index is 9.82. The first kappa shape index (κ1) is 16.7. The molecule has 0 saturated heterocycles. The molecule has 0 unspecified atom stereocenters. The minimum atomic E-state index is -0.138. The van der Waals surface area contributed by atoms with Crippen LogP contribution in [0.5, 0.6) is 5.75 Å². The second kappa shape index (κ2) is 6.86. The van der Waals surface area contributed by atoms with Gasteiger partial charge in [0.2, 0.25) is 0 Å². The van der Waals surface area contributed by atoms with Crippen LogP contribution in [-0.2, 0) is 6.54 Å². The average Bonchev–Trinajstić information content (AvgIpc) is 3.03. The summed E-state index contributed by atoms with van der Waals surface area (Å²) in [6, 6.07) is 13.4. The molecule has 7 heteroatoms. The van der Waals surface area contributed by atoms with E-state index in [9.17, 15) is 5.11 Å². The van der Waals surface area contributed by atoms with E-state index >= 15 is 0 Å². The monoisotopic (exact) mass is 384 g/mol. The van der Waals surface area contributed by atoms with Crippen molar-refractivity contribution in [2.75, 3.05) is 5.32 Å². The van der Waals surface area contributed by atoms with Crippen molar-refractivity contribution in [1.29, 1.82) is 0 Å². The second-order valence-corrected chi connectivity index (χ2v) is 6.56. The van der Waals surface area contributed by atoms with Crippen LogP contribution in [0.4, 0.5) is 5.82 Å². The minimum Gasteiger partial charge on any atom is -0.505 e. The molecule has 5 nitrogen and oxygen atoms in total. The van der Waals surface area contributed by atoms with E-state index in [0.717, 1.165) is 11.4 Å². The van der Waals surface area contributed by atoms with Crippen LogP contribution in [0.1, 0.15) is 5.56 Å². The van der Waals surface area contributed by atoms with E-state index in [2.05, 4.69) is 15.3 Å². The van der Waals surface area contributed by atoms with Crippen molar-refractivity contribution in [3.8, 4) is 17.0 Å². The molecular weight excluding hydrogens is 371 g/mol. The standard InChI is InChI=1S/C19H14Cl2N4O/c20-14-8-13(9-15(21)18(14)26)17-19(23-10-12-4-2-1-3-5-12)25-7-6-22-11-16(25)24-17/h1-9,11,23,26H,10H2. The van der Waals surface area contributed by atoms with E-state index in [0.29, 0.717) is 23.4 Å². The molecule has 4 rings (SSSR count). The molecule has 0 fully saturated rings. The molecule has 2 aromatic carbocycles. The highest BCUT2D eigenvalue weighted by atomic mass is 35.5. The number of rotatable bonds is 4. The molecule has 2 heterocycles. The van der Waals surface area contributed by atoms with Crippen molar-refractivity contribution in [3.05, 3.63) is 76.7 Å². The number of nitrogens with zero attached hydrogens (tertiary/aromatic N) is 3. The molecule has 2 N–H and O–H groups in total. The Morgan fingerprint density at radius 2 is 1.81 bits per heavy atom. The molecule has 0 atom stereocenters. The van der Waals surface area contributed by atoms with Crippen molar-refractivity contribution in [2.24, 2.45) is 0 Å². The summed E-state index contributed by atoms with van der Waals surface area (Å²) in [6.45, 7) is 0.628. The highest BCUT2D eigenvalue weighted by Gasteiger charge is 2.17. The highest BCUT2D eigenvalue weighted by Crippen LogP contribution is 2.38. The van der Waals surface area contributed by atoms with Crippen LogP contribution < -0.4 is 5.32 Å². The number of phenols is 1. The number of imidazole rings is 1. The molecule has 130 valence electrons. The third kappa shape index (κ3) is 3.07. The minimum absolute atomic E-state index is 0.138. The smallest absolute Gasteiger partial charge is 0.157 e. The van der Waals surface area contributed by atoms with Gasteiger partial charge in [0.25, 0.3) is 0 Å². The number of aromatic hydroxyl groups is 1. The first-order valence-corrected chi connectivity index (χ1v) is 8.67. The number of anilines is 1. The topological polar surface area (TPSA) is 62.5 Å². The summed E-state index contributed by atoms with van der Waals surface area (Å²) in [5, 5.41) is 13.6. The van der Waals surface area contributed by atoms with Crippen LogP contribution in [0.25, 0.3) is 16.9 Å². The van der Waals surface area contributed by atoms with Gasteiger partial charge in [-0.2, -0.15) is 0 Å². The van der Waals surface area contributed by atoms with Crippen LogP contribution in [0.2, 0.25) is 10.0 Å². The summed E-state index contributed by atoms with van der Waals surface area (Å²) in [4.78, 5) is 8.77. The molecule has 4 aromatic rings. The summed E-state index contributed by atoms with van der Waals surface area (Å²) in [5.41, 5.74) is 3.22. The first-order chi connectivity index (χ1) is 12.6. The lowest BCUT2D eigenvalue weighted by Crippen LogP contribution is -2.03. The zero-order chi connectivity index (χ0) is 18.1. The quantitative estimate of drug-likeness (QED) is 0.518. The van der Waals surface area contributed by atoms with E-state index in [1.165, 1.54) is 0 Å². The SMILES string of the molecule is Oc1c(Cl)cc(-c2nc3cnccn3c2NCc2ccccc2)cc1Cl. The van der Waals surface area contributed by atoms with Gasteiger partial charge >= 0.3 is 0 Å². The average molecular weight is 385 g/mol. The van der Waals surface area contributed by atoms with Gasteiger partial charge in [-0.25, -0.2) is 4.98 Å². The fourth-order valence-corrected chi connectivity index (χ4v) is 3.25. The number of phenolic OH excluding ortho intramolecular Hbond substituents is 1. The Kier molecular flexibility index (Phi) is 4.41. The predicted octanol–water partition coefficient (Wildman–Crippen LogP) is 5.02. The fourth-order valence-electron chi connectivity index (χ4n) is 2.76. The van der Waals surface area contributed by atoms with Crippen LogP contribution in [-0.4, -0.2) is 19.5 Å². The Labute approximate surface area is 159 Å². The zero-order valence-corrected chi connectivity index (χ0v) is 15.0.